The summed E-state index contributed by atoms with van der Waals surface area (Å²) in [6.07, 6.45) is -0.0534. The van der Waals surface area contributed by atoms with Crippen LogP contribution in [0.5, 0.6) is 0 Å². The zero-order chi connectivity index (χ0) is 13.0. The molecule has 2 rings (SSSR count). The van der Waals surface area contributed by atoms with Gasteiger partial charge in [-0.15, -0.1) is 11.3 Å². The van der Waals surface area contributed by atoms with Crippen molar-refractivity contribution >= 4 is 33.2 Å². The third-order valence-electron chi connectivity index (χ3n) is 2.37. The molecule has 18 heavy (non-hydrogen) atoms. The van der Waals surface area contributed by atoms with Crippen LogP contribution in [0.3, 0.4) is 0 Å². The Bertz CT molecular complexity index is 509. The lowest BCUT2D eigenvalue weighted by molar-refractivity contribution is 0.0914. The molecule has 6 heteroatoms. The molecule has 2 heterocycles. The van der Waals surface area contributed by atoms with Gasteiger partial charge in [0.2, 0.25) is 0 Å². The Balaban J connectivity index is 1.77. The Labute approximate surface area is 117 Å². The van der Waals surface area contributed by atoms with Crippen LogP contribution in [0.4, 0.5) is 0 Å². The number of aliphatic hydroxyl groups is 1. The topological polar surface area (TPSA) is 62.5 Å². The van der Waals surface area contributed by atoms with Crippen molar-refractivity contribution in [3.8, 4) is 0 Å². The lowest BCUT2D eigenvalue weighted by atomic mass is 10.2. The minimum Gasteiger partial charge on any atom is -0.444 e. The molecule has 0 saturated heterocycles. The first kappa shape index (κ1) is 13.3. The van der Waals surface area contributed by atoms with Crippen LogP contribution in [0, 0.1) is 0 Å². The van der Waals surface area contributed by atoms with Crippen LogP contribution in [-0.2, 0) is 0 Å². The van der Waals surface area contributed by atoms with Crippen molar-refractivity contribution < 1.29 is 14.3 Å². The highest BCUT2D eigenvalue weighted by atomic mass is 79.9. The summed E-state index contributed by atoms with van der Waals surface area (Å²) in [7, 11) is 0. The number of aliphatic hydroxyl groups excluding tert-OH is 1. The van der Waals surface area contributed by atoms with E-state index in [-0.39, 0.29) is 11.7 Å². The van der Waals surface area contributed by atoms with Gasteiger partial charge in [0.15, 0.2) is 10.4 Å². The molecule has 96 valence electrons. The second-order valence-corrected chi connectivity index (χ2v) is 5.44. The molecule has 4 nitrogen and oxygen atoms in total. The minimum atomic E-state index is -0.534. The van der Waals surface area contributed by atoms with Crippen LogP contribution in [0.2, 0.25) is 0 Å². The van der Waals surface area contributed by atoms with Gasteiger partial charge in [-0.3, -0.25) is 4.79 Å². The number of halogens is 1. The monoisotopic (exact) mass is 329 g/mol. The maximum atomic E-state index is 11.6. The quantitative estimate of drug-likeness (QED) is 0.886. The van der Waals surface area contributed by atoms with Gasteiger partial charge >= 0.3 is 0 Å². The number of thiophene rings is 1. The van der Waals surface area contributed by atoms with E-state index in [0.717, 1.165) is 4.88 Å². The molecule has 2 N–H and O–H groups in total. The van der Waals surface area contributed by atoms with E-state index < -0.39 is 6.10 Å². The zero-order valence-electron chi connectivity index (χ0n) is 9.43. The molecule has 0 radical (unpaired) electrons. The van der Waals surface area contributed by atoms with Crippen molar-refractivity contribution in [1.29, 1.82) is 0 Å². The van der Waals surface area contributed by atoms with E-state index in [1.807, 2.05) is 17.5 Å². The fourth-order valence-electron chi connectivity index (χ4n) is 1.47. The Hall–Kier alpha value is -1.11. The molecule has 0 unspecified atom stereocenters. The van der Waals surface area contributed by atoms with Gasteiger partial charge in [0.05, 0.1) is 6.10 Å². The van der Waals surface area contributed by atoms with Gasteiger partial charge in [0.25, 0.3) is 5.91 Å². The molecule has 0 spiro atoms. The van der Waals surface area contributed by atoms with Crippen molar-refractivity contribution in [3.05, 3.63) is 45.0 Å². The first-order valence-electron chi connectivity index (χ1n) is 5.42. The van der Waals surface area contributed by atoms with Gasteiger partial charge in [-0.1, -0.05) is 6.07 Å². The number of nitrogens with one attached hydrogen (secondary N) is 1. The maximum absolute atomic E-state index is 11.6. The molecular formula is C12H12BrNO3S. The molecule has 0 aliphatic carbocycles. The summed E-state index contributed by atoms with van der Waals surface area (Å²) < 4.78 is 5.64. The molecule has 0 saturated carbocycles. The Kier molecular flexibility index (Phi) is 4.57. The summed E-state index contributed by atoms with van der Waals surface area (Å²) >= 11 is 4.63. The van der Waals surface area contributed by atoms with Crippen LogP contribution in [0.25, 0.3) is 0 Å². The van der Waals surface area contributed by atoms with Gasteiger partial charge < -0.3 is 14.8 Å². The number of hydrogen-bond donors (Lipinski definition) is 2. The van der Waals surface area contributed by atoms with Crippen LogP contribution in [0.1, 0.15) is 28.0 Å². The Morgan fingerprint density at radius 3 is 2.94 bits per heavy atom. The Morgan fingerprint density at radius 2 is 2.33 bits per heavy atom. The lowest BCUT2D eigenvalue weighted by Crippen LogP contribution is -2.25. The number of rotatable bonds is 5. The normalized spacial score (nSPS) is 12.3. The van der Waals surface area contributed by atoms with E-state index in [9.17, 15) is 9.90 Å². The summed E-state index contributed by atoms with van der Waals surface area (Å²) in [5.74, 6) is -0.0217. The first-order valence-corrected chi connectivity index (χ1v) is 7.09. The van der Waals surface area contributed by atoms with Crippen molar-refractivity contribution in [1.82, 2.24) is 5.32 Å². The maximum Gasteiger partial charge on any atom is 0.287 e. The van der Waals surface area contributed by atoms with Crippen molar-refractivity contribution in [2.45, 2.75) is 12.5 Å². The zero-order valence-corrected chi connectivity index (χ0v) is 11.8. The molecule has 0 fully saturated rings. The van der Waals surface area contributed by atoms with Crippen LogP contribution < -0.4 is 5.32 Å². The smallest absolute Gasteiger partial charge is 0.287 e. The highest BCUT2D eigenvalue weighted by Gasteiger charge is 2.12. The van der Waals surface area contributed by atoms with Gasteiger partial charge in [0, 0.05) is 11.4 Å². The van der Waals surface area contributed by atoms with Gasteiger partial charge in [-0.25, -0.2) is 0 Å². The standard InChI is InChI=1S/C12H12BrNO3S/c13-11-4-3-9(17-11)12(16)14-6-5-8(15)10-2-1-7-18-10/h1-4,7-8,15H,5-6H2,(H,14,16)/t8-/m0/s1. The van der Waals surface area contributed by atoms with Crippen LogP contribution in [0.15, 0.2) is 38.7 Å². The number of carbonyl (C=O) groups excluding carboxylic acids is 1. The van der Waals surface area contributed by atoms with Gasteiger partial charge in [-0.2, -0.15) is 0 Å². The molecule has 1 amide bonds. The van der Waals surface area contributed by atoms with Crippen molar-refractivity contribution in [2.75, 3.05) is 6.54 Å². The highest BCUT2D eigenvalue weighted by Crippen LogP contribution is 2.21. The average Bonchev–Trinajstić information content (AvgIpc) is 2.99. The summed E-state index contributed by atoms with van der Waals surface area (Å²) in [4.78, 5) is 12.5. The van der Waals surface area contributed by atoms with E-state index in [2.05, 4.69) is 21.2 Å². The molecule has 0 aromatic carbocycles. The fourth-order valence-corrected chi connectivity index (χ4v) is 2.52. The molecule has 1 atom stereocenters. The van der Waals surface area contributed by atoms with Crippen LogP contribution in [-0.4, -0.2) is 17.6 Å². The largest absolute Gasteiger partial charge is 0.444 e. The van der Waals surface area contributed by atoms with Gasteiger partial charge in [0.1, 0.15) is 0 Å². The van der Waals surface area contributed by atoms with Crippen LogP contribution >= 0.6 is 27.3 Å². The Morgan fingerprint density at radius 1 is 1.50 bits per heavy atom. The fraction of sp³-hybridized carbons (Fsp3) is 0.250. The molecule has 2 aromatic rings. The third kappa shape index (κ3) is 3.44. The molecule has 0 aliphatic rings. The van der Waals surface area contributed by atoms with Crippen molar-refractivity contribution in [3.63, 3.8) is 0 Å². The van der Waals surface area contributed by atoms with E-state index >= 15 is 0 Å². The van der Waals surface area contributed by atoms with E-state index in [1.165, 1.54) is 11.3 Å². The summed E-state index contributed by atoms with van der Waals surface area (Å²) in [6.45, 7) is 0.399. The second kappa shape index (κ2) is 6.17. The second-order valence-electron chi connectivity index (χ2n) is 3.68. The molecular weight excluding hydrogens is 318 g/mol. The SMILES string of the molecule is O=C(NCC[C@H](O)c1cccs1)c1ccc(Br)o1. The van der Waals surface area contributed by atoms with E-state index in [1.54, 1.807) is 12.1 Å². The summed E-state index contributed by atoms with van der Waals surface area (Å²) in [5.41, 5.74) is 0. The summed E-state index contributed by atoms with van der Waals surface area (Å²) in [6, 6.07) is 7.02. The van der Waals surface area contributed by atoms with E-state index in [0.29, 0.717) is 17.6 Å². The van der Waals surface area contributed by atoms with Crippen molar-refractivity contribution in [2.24, 2.45) is 0 Å². The lowest BCUT2D eigenvalue weighted by Gasteiger charge is -2.08. The average molecular weight is 330 g/mol. The minimum absolute atomic E-state index is 0.257. The third-order valence-corrected chi connectivity index (χ3v) is 3.77. The number of amides is 1. The predicted octanol–water partition coefficient (Wildman–Crippen LogP) is 2.96. The highest BCUT2D eigenvalue weighted by molar-refractivity contribution is 9.10. The molecule has 0 bridgehead atoms. The number of carbonyl (C=O) groups is 1. The van der Waals surface area contributed by atoms with Gasteiger partial charge in [-0.05, 0) is 45.9 Å². The summed E-state index contributed by atoms with van der Waals surface area (Å²) in [5, 5.41) is 14.4. The van der Waals surface area contributed by atoms with E-state index in [4.69, 9.17) is 4.42 Å². The molecule has 0 aliphatic heterocycles. The number of furan rings is 1. The number of hydrogen-bond acceptors (Lipinski definition) is 4. The first-order chi connectivity index (χ1) is 8.66. The predicted molar refractivity (Wildman–Crippen MR) is 72.6 cm³/mol. The molecule has 2 aromatic heterocycles.